The zero-order chi connectivity index (χ0) is 14.4. The lowest BCUT2D eigenvalue weighted by Gasteiger charge is -2.10. The van der Waals surface area contributed by atoms with E-state index >= 15 is 0 Å². The Balaban J connectivity index is 1.94. The summed E-state index contributed by atoms with van der Waals surface area (Å²) in [5, 5.41) is 18.7. The molecular formula is C13H14N4O2S. The van der Waals surface area contributed by atoms with Gasteiger partial charge in [-0.25, -0.2) is 0 Å². The summed E-state index contributed by atoms with van der Waals surface area (Å²) in [6, 6.07) is 5.55. The zero-order valence-corrected chi connectivity index (χ0v) is 12.2. The van der Waals surface area contributed by atoms with Gasteiger partial charge in [-0.2, -0.15) is 0 Å². The van der Waals surface area contributed by atoms with Crippen LogP contribution in [0.15, 0.2) is 28.3 Å². The Morgan fingerprint density at radius 1 is 1.30 bits per heavy atom. The van der Waals surface area contributed by atoms with Crippen molar-refractivity contribution in [2.75, 3.05) is 11.9 Å². The average Bonchev–Trinajstić information content (AvgIpc) is 2.86. The highest BCUT2D eigenvalue weighted by Gasteiger charge is 2.33. The maximum absolute atomic E-state index is 11.7. The third kappa shape index (κ3) is 1.90. The van der Waals surface area contributed by atoms with Crippen molar-refractivity contribution in [2.24, 2.45) is 7.05 Å². The van der Waals surface area contributed by atoms with Crippen molar-refractivity contribution in [2.45, 2.75) is 23.1 Å². The third-order valence-electron chi connectivity index (χ3n) is 3.48. The van der Waals surface area contributed by atoms with E-state index < -0.39 is 6.10 Å². The molecule has 1 aliphatic heterocycles. The molecular weight excluding hydrogens is 276 g/mol. The number of aromatic nitrogens is 3. The van der Waals surface area contributed by atoms with Crippen molar-refractivity contribution in [1.82, 2.24) is 14.8 Å². The van der Waals surface area contributed by atoms with Gasteiger partial charge in [0.2, 0.25) is 0 Å². The maximum atomic E-state index is 11.7. The number of aliphatic hydroxyl groups is 1. The quantitative estimate of drug-likeness (QED) is 0.902. The predicted molar refractivity (Wildman–Crippen MR) is 74.7 cm³/mol. The lowest BCUT2D eigenvalue weighted by Crippen LogP contribution is -2.23. The summed E-state index contributed by atoms with van der Waals surface area (Å²) in [4.78, 5) is 14.2. The van der Waals surface area contributed by atoms with Crippen LogP contribution < -0.4 is 4.90 Å². The van der Waals surface area contributed by atoms with Crippen LogP contribution in [-0.4, -0.2) is 32.8 Å². The van der Waals surface area contributed by atoms with E-state index in [2.05, 4.69) is 10.2 Å². The molecule has 1 N–H and O–H groups in total. The van der Waals surface area contributed by atoms with Gasteiger partial charge in [-0.1, -0.05) is 6.07 Å². The van der Waals surface area contributed by atoms with Crippen LogP contribution in [0.5, 0.6) is 0 Å². The number of likely N-dealkylation sites (N-methyl/N-ethyl adjacent to an activating group) is 1. The topological polar surface area (TPSA) is 71.2 Å². The number of fused-ring (bicyclic) bond motifs is 1. The van der Waals surface area contributed by atoms with Crippen molar-refractivity contribution >= 4 is 23.4 Å². The predicted octanol–water partition coefficient (Wildman–Crippen LogP) is 1.28. The fourth-order valence-electron chi connectivity index (χ4n) is 2.13. The fraction of sp³-hybridized carbons (Fsp3) is 0.308. The normalized spacial score (nSPS) is 17.7. The molecule has 0 aliphatic carbocycles. The van der Waals surface area contributed by atoms with Gasteiger partial charge in [0.15, 0.2) is 11.3 Å². The third-order valence-corrected chi connectivity index (χ3v) is 4.51. The molecule has 0 radical (unpaired) electrons. The minimum absolute atomic E-state index is 0.295. The second-order valence-corrected chi connectivity index (χ2v) is 5.75. The lowest BCUT2D eigenvalue weighted by atomic mass is 10.1. The molecule has 0 bridgehead atoms. The molecule has 20 heavy (non-hydrogen) atoms. The highest BCUT2D eigenvalue weighted by Crippen LogP contribution is 2.38. The number of aliphatic hydroxyl groups excluding tert-OH is 1. The Labute approximate surface area is 120 Å². The summed E-state index contributed by atoms with van der Waals surface area (Å²) >= 11 is 1.48. The number of anilines is 1. The number of benzene rings is 1. The van der Waals surface area contributed by atoms with E-state index in [1.54, 1.807) is 13.1 Å². The summed E-state index contributed by atoms with van der Waals surface area (Å²) in [6.45, 7) is 1.89. The minimum Gasteiger partial charge on any atom is -0.378 e. The molecule has 2 heterocycles. The van der Waals surface area contributed by atoms with Gasteiger partial charge in [0, 0.05) is 24.6 Å². The first-order valence-corrected chi connectivity index (χ1v) is 6.94. The standard InChI is InChI=1S/C13H14N4O2S/c1-7-14-15-13(16(7)2)20-8-4-5-9-10(6-8)17(3)12(19)11(9)18/h4-6,11,18H,1-3H3. The Kier molecular flexibility index (Phi) is 3.02. The van der Waals surface area contributed by atoms with Crippen LogP contribution in [0.3, 0.4) is 0 Å². The molecule has 1 amide bonds. The molecule has 2 aromatic rings. The van der Waals surface area contributed by atoms with Crippen LogP contribution in [0.25, 0.3) is 0 Å². The van der Waals surface area contributed by atoms with Crippen molar-refractivity contribution in [3.8, 4) is 0 Å². The van der Waals surface area contributed by atoms with E-state index in [-0.39, 0.29) is 5.91 Å². The number of nitrogens with zero attached hydrogens (tertiary/aromatic N) is 4. The van der Waals surface area contributed by atoms with E-state index in [9.17, 15) is 9.90 Å². The molecule has 0 spiro atoms. The van der Waals surface area contributed by atoms with E-state index in [0.717, 1.165) is 21.6 Å². The molecule has 0 fully saturated rings. The number of hydrogen-bond donors (Lipinski definition) is 1. The van der Waals surface area contributed by atoms with Crippen LogP contribution >= 0.6 is 11.8 Å². The van der Waals surface area contributed by atoms with Crippen molar-refractivity contribution < 1.29 is 9.90 Å². The van der Waals surface area contributed by atoms with Crippen molar-refractivity contribution in [3.63, 3.8) is 0 Å². The van der Waals surface area contributed by atoms with E-state index in [1.165, 1.54) is 16.7 Å². The molecule has 1 aromatic carbocycles. The van der Waals surface area contributed by atoms with Crippen LogP contribution in [0.2, 0.25) is 0 Å². The molecule has 104 valence electrons. The van der Waals surface area contributed by atoms with E-state index in [4.69, 9.17) is 0 Å². The van der Waals surface area contributed by atoms with Crippen LogP contribution in [-0.2, 0) is 11.8 Å². The fourth-order valence-corrected chi connectivity index (χ4v) is 2.99. The van der Waals surface area contributed by atoms with Crippen LogP contribution in [0.4, 0.5) is 5.69 Å². The van der Waals surface area contributed by atoms with Gasteiger partial charge in [0.25, 0.3) is 5.91 Å². The van der Waals surface area contributed by atoms with Gasteiger partial charge in [-0.05, 0) is 30.8 Å². The number of hydrogen-bond acceptors (Lipinski definition) is 5. The van der Waals surface area contributed by atoms with Crippen LogP contribution in [0, 0.1) is 6.92 Å². The number of rotatable bonds is 2. The lowest BCUT2D eigenvalue weighted by molar-refractivity contribution is -0.125. The van der Waals surface area contributed by atoms with Gasteiger partial charge in [-0.3, -0.25) is 4.79 Å². The zero-order valence-electron chi connectivity index (χ0n) is 11.4. The first kappa shape index (κ1) is 13.1. The molecule has 1 aliphatic rings. The summed E-state index contributed by atoms with van der Waals surface area (Å²) in [5.41, 5.74) is 1.39. The summed E-state index contributed by atoms with van der Waals surface area (Å²) < 4.78 is 1.90. The minimum atomic E-state index is -1.05. The second-order valence-electron chi connectivity index (χ2n) is 4.71. The molecule has 1 unspecified atom stereocenters. The van der Waals surface area contributed by atoms with E-state index in [0.29, 0.717) is 5.56 Å². The van der Waals surface area contributed by atoms with Gasteiger partial charge >= 0.3 is 0 Å². The second kappa shape index (κ2) is 4.60. The molecule has 0 saturated heterocycles. The largest absolute Gasteiger partial charge is 0.378 e. The van der Waals surface area contributed by atoms with Crippen molar-refractivity contribution in [3.05, 3.63) is 29.6 Å². The Hall–Kier alpha value is -1.86. The smallest absolute Gasteiger partial charge is 0.260 e. The van der Waals surface area contributed by atoms with Gasteiger partial charge in [0.05, 0.1) is 5.69 Å². The summed E-state index contributed by atoms with van der Waals surface area (Å²) in [7, 11) is 3.57. The van der Waals surface area contributed by atoms with Gasteiger partial charge in [-0.15, -0.1) is 10.2 Å². The maximum Gasteiger partial charge on any atom is 0.260 e. The van der Waals surface area contributed by atoms with Gasteiger partial charge in [0.1, 0.15) is 5.82 Å². The van der Waals surface area contributed by atoms with Gasteiger partial charge < -0.3 is 14.6 Å². The Morgan fingerprint density at radius 3 is 2.70 bits per heavy atom. The van der Waals surface area contributed by atoms with Crippen molar-refractivity contribution in [1.29, 1.82) is 0 Å². The highest BCUT2D eigenvalue weighted by atomic mass is 32.2. The van der Waals surface area contributed by atoms with E-state index in [1.807, 2.05) is 30.7 Å². The first-order valence-electron chi connectivity index (χ1n) is 6.12. The summed E-state index contributed by atoms with van der Waals surface area (Å²) in [5.74, 6) is 0.549. The highest BCUT2D eigenvalue weighted by molar-refractivity contribution is 7.99. The first-order chi connectivity index (χ1) is 9.49. The number of amides is 1. The molecule has 1 aromatic heterocycles. The Bertz CT molecular complexity index is 698. The number of carbonyl (C=O) groups is 1. The number of carbonyl (C=O) groups excluding carboxylic acids is 1. The molecule has 6 nitrogen and oxygen atoms in total. The molecule has 7 heteroatoms. The SMILES string of the molecule is Cc1nnc(Sc2ccc3c(c2)N(C)C(=O)C3O)n1C. The Morgan fingerprint density at radius 2 is 2.05 bits per heavy atom. The molecule has 0 saturated carbocycles. The average molecular weight is 290 g/mol. The van der Waals surface area contributed by atoms with Crippen LogP contribution in [0.1, 0.15) is 17.5 Å². The molecule has 3 rings (SSSR count). The number of aryl methyl sites for hydroxylation is 1. The monoisotopic (exact) mass is 290 g/mol. The summed E-state index contributed by atoms with van der Waals surface area (Å²) in [6.07, 6.45) is -1.05. The molecule has 1 atom stereocenters.